The van der Waals surface area contributed by atoms with E-state index in [9.17, 15) is 0 Å². The SMILES string of the molecule is CCCCCCCCCC[N+]1=C(C)C(C)(C)c2ccccc21.[Br-]. The van der Waals surface area contributed by atoms with Crippen molar-refractivity contribution in [2.45, 2.75) is 84.5 Å². The molecule has 130 valence electrons. The summed E-state index contributed by atoms with van der Waals surface area (Å²) >= 11 is 0. The van der Waals surface area contributed by atoms with Crippen molar-refractivity contribution in [2.24, 2.45) is 0 Å². The summed E-state index contributed by atoms with van der Waals surface area (Å²) in [5, 5.41) is 0. The molecule has 0 aromatic heterocycles. The minimum atomic E-state index is 0. The van der Waals surface area contributed by atoms with Crippen LogP contribution in [0.5, 0.6) is 0 Å². The van der Waals surface area contributed by atoms with Crippen molar-refractivity contribution in [2.75, 3.05) is 6.54 Å². The Balaban J connectivity index is 0.00000264. The second-order valence-electron chi connectivity index (χ2n) is 7.35. The van der Waals surface area contributed by atoms with Gasteiger partial charge < -0.3 is 17.0 Å². The van der Waals surface area contributed by atoms with E-state index in [1.165, 1.54) is 74.9 Å². The lowest BCUT2D eigenvalue weighted by atomic mass is 9.82. The molecule has 0 N–H and O–H groups in total. The maximum absolute atomic E-state index is 2.56. The van der Waals surface area contributed by atoms with Crippen LogP contribution in [-0.2, 0) is 5.41 Å². The summed E-state index contributed by atoms with van der Waals surface area (Å²) in [5.41, 5.74) is 4.63. The first-order valence-corrected chi connectivity index (χ1v) is 9.30. The van der Waals surface area contributed by atoms with Gasteiger partial charge in [-0.3, -0.25) is 0 Å². The standard InChI is InChI=1S/C21H34N.BrH/c1-5-6-7-8-9-10-11-14-17-22-18(2)21(3,4)19-15-12-13-16-20(19)22;/h12-13,15-16H,5-11,14,17H2,1-4H3;1H/q+1;/p-1. The van der Waals surface area contributed by atoms with Gasteiger partial charge in [-0.25, -0.2) is 0 Å². The van der Waals surface area contributed by atoms with Gasteiger partial charge in [0.15, 0.2) is 5.71 Å². The van der Waals surface area contributed by atoms with E-state index in [-0.39, 0.29) is 22.4 Å². The van der Waals surface area contributed by atoms with Crippen molar-refractivity contribution in [3.63, 3.8) is 0 Å². The Labute approximate surface area is 154 Å². The predicted octanol–water partition coefficient (Wildman–Crippen LogP) is 3.23. The molecule has 0 bridgehead atoms. The van der Waals surface area contributed by atoms with E-state index < -0.39 is 0 Å². The highest BCUT2D eigenvalue weighted by atomic mass is 79.9. The topological polar surface area (TPSA) is 3.01 Å². The van der Waals surface area contributed by atoms with Gasteiger partial charge in [0.2, 0.25) is 5.69 Å². The molecular weight excluding hydrogens is 346 g/mol. The van der Waals surface area contributed by atoms with Crippen LogP contribution in [0.4, 0.5) is 5.69 Å². The van der Waals surface area contributed by atoms with Gasteiger partial charge in [-0.05, 0) is 20.3 Å². The Kier molecular flexibility index (Phi) is 8.53. The number of unbranched alkanes of at least 4 members (excludes halogenated alkanes) is 7. The normalized spacial score (nSPS) is 15.5. The first-order valence-electron chi connectivity index (χ1n) is 9.30. The molecule has 23 heavy (non-hydrogen) atoms. The molecule has 0 spiro atoms. The van der Waals surface area contributed by atoms with Crippen molar-refractivity contribution < 1.29 is 21.6 Å². The average Bonchev–Trinajstić information content (AvgIpc) is 2.71. The summed E-state index contributed by atoms with van der Waals surface area (Å²) in [6, 6.07) is 8.94. The largest absolute Gasteiger partial charge is 1.00 e. The highest BCUT2D eigenvalue weighted by Gasteiger charge is 2.42. The van der Waals surface area contributed by atoms with Crippen LogP contribution in [0.15, 0.2) is 24.3 Å². The third-order valence-electron chi connectivity index (χ3n) is 5.41. The minimum absolute atomic E-state index is 0. The Morgan fingerprint density at radius 3 is 2.09 bits per heavy atom. The van der Waals surface area contributed by atoms with E-state index in [0.29, 0.717) is 0 Å². The fourth-order valence-corrected chi connectivity index (χ4v) is 3.64. The van der Waals surface area contributed by atoms with Crippen LogP contribution in [0.25, 0.3) is 0 Å². The molecule has 0 amide bonds. The lowest BCUT2D eigenvalue weighted by molar-refractivity contribution is -0.439. The van der Waals surface area contributed by atoms with Crippen LogP contribution in [0, 0.1) is 0 Å². The number of nitrogens with zero attached hydrogens (tertiary/aromatic N) is 1. The second kappa shape index (κ2) is 9.61. The van der Waals surface area contributed by atoms with Gasteiger partial charge in [-0.15, -0.1) is 0 Å². The Bertz CT molecular complexity index is 516. The summed E-state index contributed by atoms with van der Waals surface area (Å²) in [7, 11) is 0. The van der Waals surface area contributed by atoms with Gasteiger partial charge in [0.05, 0.1) is 5.41 Å². The summed E-state index contributed by atoms with van der Waals surface area (Å²) in [4.78, 5) is 0. The van der Waals surface area contributed by atoms with E-state index >= 15 is 0 Å². The smallest absolute Gasteiger partial charge is 0.209 e. The first-order chi connectivity index (χ1) is 10.6. The zero-order valence-corrected chi connectivity index (χ0v) is 17.1. The van der Waals surface area contributed by atoms with Crippen molar-refractivity contribution in [1.82, 2.24) is 0 Å². The van der Waals surface area contributed by atoms with Crippen LogP contribution in [-0.4, -0.2) is 16.8 Å². The summed E-state index contributed by atoms with van der Waals surface area (Å²) in [6.45, 7) is 10.5. The molecule has 2 rings (SSSR count). The summed E-state index contributed by atoms with van der Waals surface area (Å²) in [6.07, 6.45) is 11.1. The van der Waals surface area contributed by atoms with Gasteiger partial charge in [0.25, 0.3) is 0 Å². The van der Waals surface area contributed by atoms with Crippen LogP contribution < -0.4 is 17.0 Å². The van der Waals surface area contributed by atoms with E-state index in [2.05, 4.69) is 56.5 Å². The molecule has 1 aromatic rings. The zero-order chi connectivity index (χ0) is 16.0. The fraction of sp³-hybridized carbons (Fsp3) is 0.667. The molecule has 0 atom stereocenters. The quantitative estimate of drug-likeness (QED) is 0.457. The number of halogens is 1. The molecule has 1 aliphatic rings. The maximum Gasteiger partial charge on any atom is 0.209 e. The minimum Gasteiger partial charge on any atom is -1.00 e. The third-order valence-corrected chi connectivity index (χ3v) is 5.41. The number of fused-ring (bicyclic) bond motifs is 1. The lowest BCUT2D eigenvalue weighted by Gasteiger charge is -2.14. The number of benzene rings is 1. The number of hydrogen-bond acceptors (Lipinski definition) is 0. The Morgan fingerprint density at radius 1 is 0.870 bits per heavy atom. The third kappa shape index (κ3) is 4.92. The van der Waals surface area contributed by atoms with Crippen LogP contribution in [0.2, 0.25) is 0 Å². The highest BCUT2D eigenvalue weighted by molar-refractivity contribution is 5.93. The molecule has 0 fully saturated rings. The molecule has 1 aromatic carbocycles. The molecule has 1 aliphatic heterocycles. The van der Waals surface area contributed by atoms with Gasteiger partial charge in [-0.1, -0.05) is 63.6 Å². The summed E-state index contributed by atoms with van der Waals surface area (Å²) in [5.74, 6) is 0. The number of rotatable bonds is 9. The van der Waals surface area contributed by atoms with Crippen molar-refractivity contribution in [1.29, 1.82) is 0 Å². The number of para-hydroxylation sites is 1. The number of hydrogen-bond donors (Lipinski definition) is 0. The van der Waals surface area contributed by atoms with Gasteiger partial charge in [0, 0.05) is 25.0 Å². The van der Waals surface area contributed by atoms with Gasteiger partial charge in [0.1, 0.15) is 6.54 Å². The van der Waals surface area contributed by atoms with Crippen LogP contribution in [0.1, 0.15) is 84.6 Å². The first kappa shape index (κ1) is 20.4. The van der Waals surface area contributed by atoms with Crippen molar-refractivity contribution >= 4 is 11.4 Å². The van der Waals surface area contributed by atoms with Gasteiger partial charge in [-0.2, -0.15) is 4.58 Å². The van der Waals surface area contributed by atoms with Crippen LogP contribution in [0.3, 0.4) is 0 Å². The molecule has 0 aliphatic carbocycles. The molecule has 0 unspecified atom stereocenters. The molecule has 1 nitrogen and oxygen atoms in total. The predicted molar refractivity (Wildman–Crippen MR) is 97.5 cm³/mol. The molecule has 1 heterocycles. The highest BCUT2D eigenvalue weighted by Crippen LogP contribution is 2.39. The maximum atomic E-state index is 2.56. The monoisotopic (exact) mass is 379 g/mol. The van der Waals surface area contributed by atoms with E-state index in [1.54, 1.807) is 0 Å². The molecule has 0 saturated heterocycles. The Morgan fingerprint density at radius 2 is 1.43 bits per heavy atom. The molecule has 0 saturated carbocycles. The van der Waals surface area contributed by atoms with E-state index in [1.807, 2.05) is 0 Å². The molecule has 0 radical (unpaired) electrons. The fourth-order valence-electron chi connectivity index (χ4n) is 3.64. The van der Waals surface area contributed by atoms with Crippen LogP contribution >= 0.6 is 0 Å². The zero-order valence-electron chi connectivity index (χ0n) is 15.5. The van der Waals surface area contributed by atoms with Gasteiger partial charge >= 0.3 is 0 Å². The molecular formula is C21H34BrN. The molecule has 2 heteroatoms. The van der Waals surface area contributed by atoms with E-state index in [0.717, 1.165) is 0 Å². The second-order valence-corrected chi connectivity index (χ2v) is 7.35. The van der Waals surface area contributed by atoms with E-state index in [4.69, 9.17) is 0 Å². The van der Waals surface area contributed by atoms with Crippen molar-refractivity contribution in [3.8, 4) is 0 Å². The summed E-state index contributed by atoms with van der Waals surface area (Å²) < 4.78 is 2.56. The Hall–Kier alpha value is -0.630. The van der Waals surface area contributed by atoms with Crippen molar-refractivity contribution in [3.05, 3.63) is 29.8 Å². The lowest BCUT2D eigenvalue weighted by Crippen LogP contribution is -3.00. The average molecular weight is 380 g/mol.